The lowest BCUT2D eigenvalue weighted by atomic mass is 10.1. The molecule has 1 heterocycles. The van der Waals surface area contributed by atoms with Gasteiger partial charge >= 0.3 is 0 Å². The second kappa shape index (κ2) is 8.50. The van der Waals surface area contributed by atoms with E-state index in [1.807, 2.05) is 30.3 Å². The fourth-order valence-electron chi connectivity index (χ4n) is 3.07. The lowest BCUT2D eigenvalue weighted by molar-refractivity contribution is 0.304. The number of ether oxygens (including phenoxy) is 2. The Morgan fingerprint density at radius 2 is 1.90 bits per heavy atom. The van der Waals surface area contributed by atoms with E-state index in [1.165, 1.54) is 12.1 Å². The van der Waals surface area contributed by atoms with E-state index in [-0.39, 0.29) is 5.82 Å². The van der Waals surface area contributed by atoms with Gasteiger partial charge in [0.2, 0.25) is 0 Å². The molecular formula is C24H18FN3O2. The van der Waals surface area contributed by atoms with Crippen LogP contribution >= 0.6 is 0 Å². The quantitative estimate of drug-likeness (QED) is 0.475. The van der Waals surface area contributed by atoms with Crippen molar-refractivity contribution in [3.63, 3.8) is 0 Å². The van der Waals surface area contributed by atoms with Crippen LogP contribution in [-0.4, -0.2) is 17.1 Å². The minimum Gasteiger partial charge on any atom is -0.496 e. The first-order chi connectivity index (χ1) is 14.7. The number of nitrogens with zero attached hydrogens (tertiary/aromatic N) is 2. The van der Waals surface area contributed by atoms with Gasteiger partial charge in [0.25, 0.3) is 0 Å². The first-order valence-corrected chi connectivity index (χ1v) is 9.27. The molecule has 0 aliphatic heterocycles. The molecule has 0 saturated heterocycles. The van der Waals surface area contributed by atoms with E-state index in [4.69, 9.17) is 14.7 Å². The summed E-state index contributed by atoms with van der Waals surface area (Å²) < 4.78 is 24.9. The number of nitriles is 1. The Bertz CT molecular complexity index is 1210. The molecule has 0 unspecified atom stereocenters. The van der Waals surface area contributed by atoms with Crippen LogP contribution < -0.4 is 9.47 Å². The summed E-state index contributed by atoms with van der Waals surface area (Å²) in [6.07, 6.45) is 1.69. The van der Waals surface area contributed by atoms with Crippen molar-refractivity contribution in [2.45, 2.75) is 6.61 Å². The summed E-state index contributed by atoms with van der Waals surface area (Å²) in [5, 5.41) is 8.87. The molecule has 0 aliphatic rings. The Labute approximate surface area is 173 Å². The van der Waals surface area contributed by atoms with E-state index in [0.29, 0.717) is 35.1 Å². The minimum absolute atomic E-state index is 0.313. The Morgan fingerprint density at radius 1 is 1.07 bits per heavy atom. The predicted octanol–water partition coefficient (Wildman–Crippen LogP) is 5.34. The molecule has 0 bridgehead atoms. The normalized spacial score (nSPS) is 10.4. The van der Waals surface area contributed by atoms with Crippen LogP contribution in [0.3, 0.4) is 0 Å². The maximum Gasteiger partial charge on any atom is 0.137 e. The van der Waals surface area contributed by atoms with Crippen LogP contribution in [-0.2, 0) is 6.61 Å². The summed E-state index contributed by atoms with van der Waals surface area (Å²) in [5.74, 6) is 1.55. The zero-order valence-corrected chi connectivity index (χ0v) is 16.2. The summed E-state index contributed by atoms with van der Waals surface area (Å²) in [6, 6.07) is 21.2. The second-order valence-corrected chi connectivity index (χ2v) is 6.62. The highest BCUT2D eigenvalue weighted by Crippen LogP contribution is 2.33. The van der Waals surface area contributed by atoms with Crippen molar-refractivity contribution in [2.75, 3.05) is 7.11 Å². The molecule has 6 heteroatoms. The number of nitrogens with one attached hydrogen (secondary N) is 1. The van der Waals surface area contributed by atoms with Gasteiger partial charge in [0, 0.05) is 17.2 Å². The molecule has 0 amide bonds. The lowest BCUT2D eigenvalue weighted by Gasteiger charge is -2.11. The Morgan fingerprint density at radius 3 is 2.63 bits per heavy atom. The van der Waals surface area contributed by atoms with Gasteiger partial charge in [0.05, 0.1) is 30.6 Å². The number of halogens is 1. The number of aromatic nitrogens is 2. The molecule has 3 aromatic carbocycles. The van der Waals surface area contributed by atoms with Crippen LogP contribution in [0, 0.1) is 17.1 Å². The predicted molar refractivity (Wildman–Crippen MR) is 111 cm³/mol. The van der Waals surface area contributed by atoms with E-state index in [2.05, 4.69) is 16.0 Å². The number of aromatic amines is 1. The van der Waals surface area contributed by atoms with Crippen LogP contribution in [0.15, 0.2) is 72.9 Å². The maximum absolute atomic E-state index is 13.5. The van der Waals surface area contributed by atoms with E-state index in [0.717, 1.165) is 16.8 Å². The first-order valence-electron chi connectivity index (χ1n) is 9.27. The number of benzene rings is 3. The molecule has 0 atom stereocenters. The van der Waals surface area contributed by atoms with Crippen molar-refractivity contribution in [3.05, 3.63) is 89.9 Å². The summed E-state index contributed by atoms with van der Waals surface area (Å²) >= 11 is 0. The largest absolute Gasteiger partial charge is 0.496 e. The molecule has 5 nitrogen and oxygen atoms in total. The van der Waals surface area contributed by atoms with Crippen molar-refractivity contribution in [1.82, 2.24) is 9.97 Å². The second-order valence-electron chi connectivity index (χ2n) is 6.62. The monoisotopic (exact) mass is 399 g/mol. The number of rotatable bonds is 6. The number of methoxy groups -OCH3 is 1. The molecule has 4 aromatic rings. The smallest absolute Gasteiger partial charge is 0.137 e. The summed E-state index contributed by atoms with van der Waals surface area (Å²) in [4.78, 5) is 7.57. The Hall–Kier alpha value is -4.11. The molecule has 1 N–H and O–H groups in total. The van der Waals surface area contributed by atoms with Gasteiger partial charge in [-0.1, -0.05) is 24.3 Å². The first kappa shape index (κ1) is 19.2. The molecule has 0 radical (unpaired) electrons. The number of hydrogen-bond donors (Lipinski definition) is 1. The van der Waals surface area contributed by atoms with Gasteiger partial charge < -0.3 is 14.5 Å². The van der Waals surface area contributed by atoms with Gasteiger partial charge in [-0.15, -0.1) is 0 Å². The third-order valence-corrected chi connectivity index (χ3v) is 4.63. The van der Waals surface area contributed by atoms with Crippen molar-refractivity contribution < 1.29 is 13.9 Å². The highest BCUT2D eigenvalue weighted by Gasteiger charge is 2.12. The molecule has 0 fully saturated rings. The highest BCUT2D eigenvalue weighted by molar-refractivity contribution is 5.70. The highest BCUT2D eigenvalue weighted by atomic mass is 19.1. The van der Waals surface area contributed by atoms with Gasteiger partial charge in [-0.05, 0) is 42.0 Å². The van der Waals surface area contributed by atoms with Crippen LogP contribution in [0.4, 0.5) is 4.39 Å². The molecule has 0 spiro atoms. The fourth-order valence-corrected chi connectivity index (χ4v) is 3.07. The fraction of sp³-hybridized carbons (Fsp3) is 0.0833. The SMILES string of the molecule is COc1cc(OCc2ccc(C#N)cc2)ccc1-c1cnc(-c2cccc(F)c2)[nH]1. The lowest BCUT2D eigenvalue weighted by Crippen LogP contribution is -1.97. The van der Waals surface area contributed by atoms with E-state index in [9.17, 15) is 4.39 Å². The van der Waals surface area contributed by atoms with Gasteiger partial charge in [0.1, 0.15) is 29.7 Å². The van der Waals surface area contributed by atoms with E-state index >= 15 is 0 Å². The van der Waals surface area contributed by atoms with Crippen molar-refractivity contribution in [1.29, 1.82) is 5.26 Å². The van der Waals surface area contributed by atoms with Crippen LogP contribution in [0.2, 0.25) is 0 Å². The summed E-state index contributed by atoms with van der Waals surface area (Å²) in [7, 11) is 1.59. The van der Waals surface area contributed by atoms with Gasteiger partial charge in [-0.25, -0.2) is 9.37 Å². The van der Waals surface area contributed by atoms with Crippen molar-refractivity contribution in [3.8, 4) is 40.2 Å². The Balaban J connectivity index is 1.53. The molecule has 0 saturated carbocycles. The van der Waals surface area contributed by atoms with E-state index in [1.54, 1.807) is 37.6 Å². The molecule has 1 aromatic heterocycles. The molecule has 30 heavy (non-hydrogen) atoms. The minimum atomic E-state index is -0.313. The van der Waals surface area contributed by atoms with Gasteiger partial charge in [0.15, 0.2) is 0 Å². The van der Waals surface area contributed by atoms with Crippen LogP contribution in [0.1, 0.15) is 11.1 Å². The van der Waals surface area contributed by atoms with Crippen LogP contribution in [0.25, 0.3) is 22.6 Å². The maximum atomic E-state index is 13.5. The zero-order chi connectivity index (χ0) is 20.9. The Kier molecular flexibility index (Phi) is 5.44. The standard InChI is InChI=1S/C24H18FN3O2/c1-29-23-12-20(30-15-17-7-5-16(13-26)6-8-17)9-10-21(23)22-14-27-24(28-22)18-3-2-4-19(25)11-18/h2-12,14H,15H2,1H3,(H,27,28). The van der Waals surface area contributed by atoms with Gasteiger partial charge in [-0.2, -0.15) is 5.26 Å². The third-order valence-electron chi connectivity index (χ3n) is 4.63. The number of H-pyrrole nitrogens is 1. The number of hydrogen-bond acceptors (Lipinski definition) is 4. The molecular weight excluding hydrogens is 381 g/mol. The van der Waals surface area contributed by atoms with E-state index < -0.39 is 0 Å². The van der Waals surface area contributed by atoms with Crippen molar-refractivity contribution >= 4 is 0 Å². The number of imidazole rings is 1. The van der Waals surface area contributed by atoms with Crippen LogP contribution in [0.5, 0.6) is 11.5 Å². The van der Waals surface area contributed by atoms with Gasteiger partial charge in [-0.3, -0.25) is 0 Å². The topological polar surface area (TPSA) is 70.9 Å². The zero-order valence-electron chi connectivity index (χ0n) is 16.2. The summed E-state index contributed by atoms with van der Waals surface area (Å²) in [6.45, 7) is 0.377. The average Bonchev–Trinajstić information content (AvgIpc) is 3.28. The average molecular weight is 399 g/mol. The third kappa shape index (κ3) is 4.15. The molecule has 148 valence electrons. The molecule has 0 aliphatic carbocycles. The summed E-state index contributed by atoms with van der Waals surface area (Å²) in [5.41, 5.74) is 3.82. The van der Waals surface area contributed by atoms with Crippen molar-refractivity contribution in [2.24, 2.45) is 0 Å². The molecule has 4 rings (SSSR count).